The Morgan fingerprint density at radius 3 is 2.81 bits per heavy atom. The Kier molecular flexibility index (Phi) is 4.92. The van der Waals surface area contributed by atoms with Crippen LogP contribution in [0.4, 0.5) is 5.69 Å². The van der Waals surface area contributed by atoms with Crippen LogP contribution in [0.1, 0.15) is 44.1 Å². The molecule has 1 atom stereocenters. The van der Waals surface area contributed by atoms with Gasteiger partial charge in [0.25, 0.3) is 0 Å². The van der Waals surface area contributed by atoms with Crippen LogP contribution in [0.25, 0.3) is 0 Å². The van der Waals surface area contributed by atoms with Crippen LogP contribution >= 0.6 is 0 Å². The summed E-state index contributed by atoms with van der Waals surface area (Å²) >= 11 is 0. The minimum Gasteiger partial charge on any atom is -0.467 e. The first-order valence-corrected chi connectivity index (χ1v) is 9.83. The lowest BCUT2D eigenvalue weighted by Gasteiger charge is -2.32. The molecular weight excluding hydrogens is 356 g/mol. The van der Waals surface area contributed by atoms with Gasteiger partial charge in [-0.15, -0.1) is 0 Å². The highest BCUT2D eigenvalue weighted by atomic mass is 32.2. The maximum absolute atomic E-state index is 12.6. The fourth-order valence-corrected chi connectivity index (χ4v) is 4.16. The molecule has 8 heteroatoms. The lowest BCUT2D eigenvalue weighted by molar-refractivity contribution is -0.117. The molecule has 1 aromatic heterocycles. The first-order valence-electron chi connectivity index (χ1n) is 8.34. The van der Waals surface area contributed by atoms with Crippen molar-refractivity contribution >= 4 is 21.6 Å². The van der Waals surface area contributed by atoms with Gasteiger partial charge in [0, 0.05) is 24.1 Å². The van der Waals surface area contributed by atoms with Crippen molar-refractivity contribution in [1.29, 1.82) is 0 Å². The number of hydrogen-bond donors (Lipinski definition) is 3. The van der Waals surface area contributed by atoms with E-state index in [1.165, 1.54) is 12.3 Å². The molecule has 1 aliphatic heterocycles. The SMILES string of the molecule is CC1(C)CC(=O)Nc2ccc(S(=O)(=O)NCCC(O)c3ccco3)cc21. The van der Waals surface area contributed by atoms with E-state index in [9.17, 15) is 18.3 Å². The molecular formula is C18H22N2O5S. The first kappa shape index (κ1) is 18.6. The van der Waals surface area contributed by atoms with Crippen LogP contribution in [-0.4, -0.2) is 26.0 Å². The second kappa shape index (κ2) is 6.86. The molecule has 3 N–H and O–H groups in total. The molecule has 2 aromatic rings. The molecule has 2 heterocycles. The molecule has 1 aliphatic rings. The number of carbonyl (C=O) groups is 1. The number of sulfonamides is 1. The number of carbonyl (C=O) groups excluding carboxylic acids is 1. The standard InChI is InChI=1S/C18H22N2O5S/c1-18(2)11-17(22)20-14-6-5-12(10-13(14)18)26(23,24)19-8-7-15(21)16-4-3-9-25-16/h3-6,9-10,15,19,21H,7-8,11H2,1-2H3,(H,20,22). The monoisotopic (exact) mass is 378 g/mol. The Labute approximate surface area is 152 Å². The van der Waals surface area contributed by atoms with E-state index in [4.69, 9.17) is 4.42 Å². The van der Waals surface area contributed by atoms with Crippen molar-refractivity contribution in [3.05, 3.63) is 47.9 Å². The van der Waals surface area contributed by atoms with Crippen molar-refractivity contribution < 1.29 is 22.7 Å². The van der Waals surface area contributed by atoms with Gasteiger partial charge >= 0.3 is 0 Å². The minimum absolute atomic E-state index is 0.0708. The fourth-order valence-electron chi connectivity index (χ4n) is 3.09. The van der Waals surface area contributed by atoms with Gasteiger partial charge in [0.1, 0.15) is 11.9 Å². The van der Waals surface area contributed by atoms with Crippen molar-refractivity contribution in [1.82, 2.24) is 4.72 Å². The molecule has 3 rings (SSSR count). The third-order valence-electron chi connectivity index (χ3n) is 4.49. The van der Waals surface area contributed by atoms with Gasteiger partial charge in [-0.3, -0.25) is 4.79 Å². The van der Waals surface area contributed by atoms with E-state index < -0.39 is 21.5 Å². The second-order valence-corrected chi connectivity index (χ2v) is 8.80. The summed E-state index contributed by atoms with van der Waals surface area (Å²) in [5.41, 5.74) is 0.979. The van der Waals surface area contributed by atoms with E-state index in [0.29, 0.717) is 17.9 Å². The van der Waals surface area contributed by atoms with Gasteiger partial charge < -0.3 is 14.8 Å². The third kappa shape index (κ3) is 3.82. The van der Waals surface area contributed by atoms with Crippen LogP contribution in [0.2, 0.25) is 0 Å². The third-order valence-corrected chi connectivity index (χ3v) is 5.95. The zero-order chi connectivity index (χ0) is 18.9. The maximum atomic E-state index is 12.6. The van der Waals surface area contributed by atoms with Crippen LogP contribution in [0.15, 0.2) is 45.9 Å². The Morgan fingerprint density at radius 2 is 2.12 bits per heavy atom. The van der Waals surface area contributed by atoms with Crippen LogP contribution in [-0.2, 0) is 20.2 Å². The molecule has 0 saturated heterocycles. The van der Waals surface area contributed by atoms with E-state index in [0.717, 1.165) is 5.56 Å². The van der Waals surface area contributed by atoms with Crippen LogP contribution < -0.4 is 10.0 Å². The van der Waals surface area contributed by atoms with Crippen molar-refractivity contribution in [2.24, 2.45) is 0 Å². The molecule has 7 nitrogen and oxygen atoms in total. The molecule has 1 amide bonds. The number of benzene rings is 1. The largest absolute Gasteiger partial charge is 0.467 e. The van der Waals surface area contributed by atoms with Crippen LogP contribution in [0, 0.1) is 0 Å². The van der Waals surface area contributed by atoms with E-state index in [1.807, 2.05) is 13.8 Å². The Hall–Kier alpha value is -2.16. The number of furan rings is 1. The summed E-state index contributed by atoms with van der Waals surface area (Å²) in [4.78, 5) is 11.9. The number of amides is 1. The van der Waals surface area contributed by atoms with Crippen LogP contribution in [0.3, 0.4) is 0 Å². The number of hydrogen-bond acceptors (Lipinski definition) is 5. The fraction of sp³-hybridized carbons (Fsp3) is 0.389. The molecule has 0 radical (unpaired) electrons. The number of nitrogens with one attached hydrogen (secondary N) is 2. The number of aliphatic hydroxyl groups excluding tert-OH is 1. The van der Waals surface area contributed by atoms with Gasteiger partial charge in [-0.2, -0.15) is 0 Å². The highest BCUT2D eigenvalue weighted by Gasteiger charge is 2.33. The molecule has 1 aromatic carbocycles. The number of rotatable bonds is 6. The Bertz CT molecular complexity index is 904. The number of aliphatic hydroxyl groups is 1. The summed E-state index contributed by atoms with van der Waals surface area (Å²) in [5, 5.41) is 12.7. The number of anilines is 1. The topological polar surface area (TPSA) is 109 Å². The lowest BCUT2D eigenvalue weighted by Crippen LogP contribution is -2.33. The molecule has 0 spiro atoms. The van der Waals surface area contributed by atoms with Gasteiger partial charge in [-0.1, -0.05) is 13.8 Å². The molecule has 0 aliphatic carbocycles. The van der Waals surface area contributed by atoms with Gasteiger partial charge in [0.15, 0.2) is 0 Å². The quantitative estimate of drug-likeness (QED) is 0.715. The Morgan fingerprint density at radius 1 is 1.35 bits per heavy atom. The van der Waals surface area contributed by atoms with Crippen molar-refractivity contribution in [3.63, 3.8) is 0 Å². The normalized spacial score (nSPS) is 17.4. The Balaban J connectivity index is 1.73. The van der Waals surface area contributed by atoms with E-state index in [-0.39, 0.29) is 23.8 Å². The van der Waals surface area contributed by atoms with Crippen LogP contribution in [0.5, 0.6) is 0 Å². The molecule has 0 saturated carbocycles. The molecule has 1 unspecified atom stereocenters. The lowest BCUT2D eigenvalue weighted by atomic mass is 9.78. The van der Waals surface area contributed by atoms with Crippen molar-refractivity contribution in [3.8, 4) is 0 Å². The summed E-state index contributed by atoms with van der Waals surface area (Å²) < 4.78 is 32.7. The first-order chi connectivity index (χ1) is 12.2. The zero-order valence-electron chi connectivity index (χ0n) is 14.7. The highest BCUT2D eigenvalue weighted by molar-refractivity contribution is 7.89. The highest BCUT2D eigenvalue weighted by Crippen LogP contribution is 2.38. The maximum Gasteiger partial charge on any atom is 0.240 e. The summed E-state index contributed by atoms with van der Waals surface area (Å²) in [6, 6.07) is 7.97. The molecule has 0 bridgehead atoms. The van der Waals surface area contributed by atoms with E-state index in [1.54, 1.807) is 24.3 Å². The minimum atomic E-state index is -3.73. The van der Waals surface area contributed by atoms with Crippen molar-refractivity contribution in [2.45, 2.75) is 43.1 Å². The predicted molar refractivity (Wildman–Crippen MR) is 96.2 cm³/mol. The molecule has 0 fully saturated rings. The van der Waals surface area contributed by atoms with Gasteiger partial charge in [-0.25, -0.2) is 13.1 Å². The predicted octanol–water partition coefficient (Wildman–Crippen LogP) is 2.30. The summed E-state index contributed by atoms with van der Waals surface area (Å²) in [7, 11) is -3.73. The average molecular weight is 378 g/mol. The van der Waals surface area contributed by atoms with Gasteiger partial charge in [0.2, 0.25) is 15.9 Å². The molecule has 140 valence electrons. The summed E-state index contributed by atoms with van der Waals surface area (Å²) in [6.07, 6.45) is 1.08. The summed E-state index contributed by atoms with van der Waals surface area (Å²) in [6.45, 7) is 3.89. The zero-order valence-corrected chi connectivity index (χ0v) is 15.5. The van der Waals surface area contributed by atoms with Gasteiger partial charge in [-0.05, 0) is 42.3 Å². The molecule has 26 heavy (non-hydrogen) atoms. The van der Waals surface area contributed by atoms with E-state index in [2.05, 4.69) is 10.0 Å². The van der Waals surface area contributed by atoms with E-state index >= 15 is 0 Å². The van der Waals surface area contributed by atoms with Gasteiger partial charge in [0.05, 0.1) is 11.2 Å². The average Bonchev–Trinajstić information content (AvgIpc) is 3.08. The van der Waals surface area contributed by atoms with Crippen molar-refractivity contribution in [2.75, 3.05) is 11.9 Å². The second-order valence-electron chi connectivity index (χ2n) is 7.03. The summed E-state index contributed by atoms with van der Waals surface area (Å²) in [5.74, 6) is 0.318. The number of fused-ring (bicyclic) bond motifs is 1. The smallest absolute Gasteiger partial charge is 0.240 e.